The van der Waals surface area contributed by atoms with Crippen molar-refractivity contribution in [2.75, 3.05) is 9.96 Å². The number of para-hydroxylation sites is 1. The van der Waals surface area contributed by atoms with Crippen molar-refractivity contribution < 1.29 is 14.4 Å². The molecule has 2 aliphatic rings. The van der Waals surface area contributed by atoms with Gasteiger partial charge in [0.05, 0.1) is 17.4 Å². The number of amides is 2. The molecule has 3 atom stereocenters. The van der Waals surface area contributed by atoms with Crippen molar-refractivity contribution in [1.29, 1.82) is 0 Å². The molecule has 5 nitrogen and oxygen atoms in total. The predicted octanol–water partition coefficient (Wildman–Crippen LogP) is 5.70. The van der Waals surface area contributed by atoms with E-state index in [2.05, 4.69) is 0 Å². The first-order valence-corrected chi connectivity index (χ1v) is 10.7. The minimum atomic E-state index is -0.972. The minimum Gasteiger partial charge on any atom is -0.273 e. The topological polar surface area (TPSA) is 49.9 Å². The molecule has 0 unspecified atom stereocenters. The number of carbonyl (C=O) groups is 2. The molecule has 2 fully saturated rings. The van der Waals surface area contributed by atoms with Gasteiger partial charge >= 0.3 is 0 Å². The fraction of sp³-hybridized carbons (Fsp3) is 0.130. The molecule has 0 spiro atoms. The Labute approximate surface area is 193 Å². The number of nitrogens with zero attached hydrogens (tertiary/aromatic N) is 2. The molecule has 2 saturated heterocycles. The maximum absolute atomic E-state index is 13.5. The van der Waals surface area contributed by atoms with Crippen molar-refractivity contribution in [1.82, 2.24) is 0 Å². The number of anilines is 2. The van der Waals surface area contributed by atoms with Crippen molar-refractivity contribution in [2.24, 2.45) is 5.92 Å². The van der Waals surface area contributed by atoms with Gasteiger partial charge in [-0.1, -0.05) is 59.1 Å². The molecular formula is C23H15Cl3N2O3. The van der Waals surface area contributed by atoms with Crippen LogP contribution in [0, 0.1) is 5.92 Å². The van der Waals surface area contributed by atoms with E-state index in [1.165, 1.54) is 0 Å². The third-order valence-electron chi connectivity index (χ3n) is 5.49. The van der Waals surface area contributed by atoms with Crippen molar-refractivity contribution in [3.8, 4) is 0 Å². The van der Waals surface area contributed by atoms with Gasteiger partial charge in [-0.15, -0.1) is 0 Å². The molecule has 2 amide bonds. The maximum Gasteiger partial charge on any atom is 0.266 e. The van der Waals surface area contributed by atoms with E-state index < -0.39 is 24.0 Å². The molecule has 5 rings (SSSR count). The zero-order valence-electron chi connectivity index (χ0n) is 15.9. The van der Waals surface area contributed by atoms with Gasteiger partial charge in [-0.25, -0.2) is 9.96 Å². The van der Waals surface area contributed by atoms with E-state index in [1.807, 2.05) is 30.3 Å². The second-order valence-electron chi connectivity index (χ2n) is 7.31. The lowest BCUT2D eigenvalue weighted by molar-refractivity contribution is -0.126. The van der Waals surface area contributed by atoms with E-state index in [1.54, 1.807) is 47.5 Å². The van der Waals surface area contributed by atoms with Crippen LogP contribution in [-0.2, 0) is 14.4 Å². The monoisotopic (exact) mass is 472 g/mol. The molecule has 0 saturated carbocycles. The van der Waals surface area contributed by atoms with E-state index in [4.69, 9.17) is 39.6 Å². The van der Waals surface area contributed by atoms with Crippen LogP contribution in [0.5, 0.6) is 0 Å². The summed E-state index contributed by atoms with van der Waals surface area (Å²) in [4.78, 5) is 34.0. The number of imide groups is 1. The van der Waals surface area contributed by atoms with Gasteiger partial charge in [0.2, 0.25) is 5.91 Å². The number of fused-ring (bicyclic) bond motifs is 1. The fourth-order valence-electron chi connectivity index (χ4n) is 4.12. The van der Waals surface area contributed by atoms with Gasteiger partial charge in [0.25, 0.3) is 5.91 Å². The third kappa shape index (κ3) is 3.38. The Bertz CT molecular complexity index is 1170. The standard InChI is InChI=1S/C23H15Cl3N2O3/c24-13-6-9-15(10-7-13)27-22(29)19-20(17-11-8-14(25)12-18(17)26)28(31-21(19)23(27)30)16-4-2-1-3-5-16/h1-12,19-21H/t19-,20+,21+/m0/s1. The van der Waals surface area contributed by atoms with Gasteiger partial charge in [-0.05, 0) is 54.1 Å². The highest BCUT2D eigenvalue weighted by Crippen LogP contribution is 2.49. The van der Waals surface area contributed by atoms with E-state index >= 15 is 0 Å². The van der Waals surface area contributed by atoms with Crippen LogP contribution in [0.1, 0.15) is 11.6 Å². The SMILES string of the molecule is O=C1[C@H]2[C@@H](c3ccc(Cl)cc3Cl)N(c3ccccc3)O[C@H]2C(=O)N1c1ccc(Cl)cc1. The quantitative estimate of drug-likeness (QED) is 0.458. The summed E-state index contributed by atoms with van der Waals surface area (Å²) in [7, 11) is 0. The van der Waals surface area contributed by atoms with E-state index in [9.17, 15) is 9.59 Å². The van der Waals surface area contributed by atoms with Gasteiger partial charge in [-0.3, -0.25) is 14.4 Å². The first kappa shape index (κ1) is 20.3. The molecule has 31 heavy (non-hydrogen) atoms. The molecule has 0 N–H and O–H groups in total. The average molecular weight is 474 g/mol. The average Bonchev–Trinajstić information content (AvgIpc) is 3.26. The minimum absolute atomic E-state index is 0.355. The number of carbonyl (C=O) groups excluding carboxylic acids is 2. The molecular weight excluding hydrogens is 459 g/mol. The summed E-state index contributed by atoms with van der Waals surface area (Å²) in [6.45, 7) is 0. The van der Waals surface area contributed by atoms with Gasteiger partial charge in [0.15, 0.2) is 6.10 Å². The van der Waals surface area contributed by atoms with Crippen LogP contribution in [-0.4, -0.2) is 17.9 Å². The van der Waals surface area contributed by atoms with Crippen molar-refractivity contribution in [3.63, 3.8) is 0 Å². The number of hydrogen-bond donors (Lipinski definition) is 0. The number of rotatable bonds is 3. The van der Waals surface area contributed by atoms with Gasteiger partial charge in [0, 0.05) is 15.1 Å². The molecule has 0 bridgehead atoms. The van der Waals surface area contributed by atoms with Crippen LogP contribution in [0.3, 0.4) is 0 Å². The van der Waals surface area contributed by atoms with Crippen LogP contribution in [0.15, 0.2) is 72.8 Å². The molecule has 0 radical (unpaired) electrons. The van der Waals surface area contributed by atoms with E-state index in [0.717, 1.165) is 4.90 Å². The van der Waals surface area contributed by atoms with Crippen molar-refractivity contribution in [2.45, 2.75) is 12.1 Å². The van der Waals surface area contributed by atoms with Crippen molar-refractivity contribution in [3.05, 3.63) is 93.4 Å². The Kier molecular flexibility index (Phi) is 5.15. The molecule has 8 heteroatoms. The first-order chi connectivity index (χ1) is 15.0. The zero-order chi connectivity index (χ0) is 21.7. The highest BCUT2D eigenvalue weighted by Gasteiger charge is 2.60. The summed E-state index contributed by atoms with van der Waals surface area (Å²) in [5.74, 6) is -1.56. The molecule has 156 valence electrons. The fourth-order valence-corrected chi connectivity index (χ4v) is 4.76. The normalized spacial score (nSPS) is 22.9. The Morgan fingerprint density at radius 2 is 1.42 bits per heavy atom. The lowest BCUT2D eigenvalue weighted by Gasteiger charge is -2.29. The molecule has 3 aromatic carbocycles. The molecule has 3 aromatic rings. The number of hydroxylamine groups is 1. The predicted molar refractivity (Wildman–Crippen MR) is 120 cm³/mol. The largest absolute Gasteiger partial charge is 0.273 e. The smallest absolute Gasteiger partial charge is 0.266 e. The Balaban J connectivity index is 1.61. The number of hydrogen-bond acceptors (Lipinski definition) is 4. The first-order valence-electron chi connectivity index (χ1n) is 9.55. The lowest BCUT2D eigenvalue weighted by atomic mass is 9.90. The Hall–Kier alpha value is -2.57. The summed E-state index contributed by atoms with van der Waals surface area (Å²) in [5, 5.41) is 2.99. The molecule has 2 heterocycles. The number of benzene rings is 3. The van der Waals surface area contributed by atoms with Gasteiger partial charge in [0.1, 0.15) is 5.92 Å². The zero-order valence-corrected chi connectivity index (χ0v) is 18.2. The van der Waals surface area contributed by atoms with Crippen LogP contribution >= 0.6 is 34.8 Å². The van der Waals surface area contributed by atoms with E-state index in [-0.39, 0.29) is 5.91 Å². The second kappa shape index (κ2) is 7.84. The Morgan fingerprint density at radius 1 is 0.742 bits per heavy atom. The summed E-state index contributed by atoms with van der Waals surface area (Å²) < 4.78 is 0. The van der Waals surface area contributed by atoms with E-state index in [0.29, 0.717) is 32.0 Å². The second-order valence-corrected chi connectivity index (χ2v) is 8.59. The molecule has 0 aromatic heterocycles. The van der Waals surface area contributed by atoms with Crippen LogP contribution in [0.2, 0.25) is 15.1 Å². The van der Waals surface area contributed by atoms with Crippen LogP contribution in [0.4, 0.5) is 11.4 Å². The summed E-state index contributed by atoms with van der Waals surface area (Å²) in [5.41, 5.74) is 1.82. The lowest BCUT2D eigenvalue weighted by Crippen LogP contribution is -2.37. The summed E-state index contributed by atoms with van der Waals surface area (Å²) in [6, 6.07) is 20.3. The Morgan fingerprint density at radius 3 is 2.10 bits per heavy atom. The van der Waals surface area contributed by atoms with Crippen LogP contribution < -0.4 is 9.96 Å². The van der Waals surface area contributed by atoms with Gasteiger partial charge < -0.3 is 0 Å². The van der Waals surface area contributed by atoms with Crippen molar-refractivity contribution >= 4 is 58.0 Å². The van der Waals surface area contributed by atoms with Crippen LogP contribution in [0.25, 0.3) is 0 Å². The highest BCUT2D eigenvalue weighted by molar-refractivity contribution is 6.35. The molecule has 0 aliphatic carbocycles. The maximum atomic E-state index is 13.5. The molecule has 2 aliphatic heterocycles. The number of halogens is 3. The summed E-state index contributed by atoms with van der Waals surface area (Å²) in [6.07, 6.45) is -0.972. The van der Waals surface area contributed by atoms with Gasteiger partial charge in [-0.2, -0.15) is 0 Å². The third-order valence-corrected chi connectivity index (χ3v) is 6.31. The summed E-state index contributed by atoms with van der Waals surface area (Å²) >= 11 is 18.6. The highest BCUT2D eigenvalue weighted by atomic mass is 35.5.